The highest BCUT2D eigenvalue weighted by atomic mass is 16.2. The van der Waals surface area contributed by atoms with Crippen LogP contribution in [0.2, 0.25) is 0 Å². The summed E-state index contributed by atoms with van der Waals surface area (Å²) in [7, 11) is 3.43. The zero-order valence-electron chi connectivity index (χ0n) is 18.2. The van der Waals surface area contributed by atoms with Crippen LogP contribution in [-0.2, 0) is 13.0 Å². The van der Waals surface area contributed by atoms with Gasteiger partial charge in [-0.2, -0.15) is 0 Å². The lowest BCUT2D eigenvalue weighted by molar-refractivity contribution is 0.0827. The van der Waals surface area contributed by atoms with Crippen LogP contribution in [0, 0.1) is 0 Å². The Bertz CT molecular complexity index is 1260. The molecule has 0 aliphatic rings. The van der Waals surface area contributed by atoms with Gasteiger partial charge >= 0.3 is 0 Å². The van der Waals surface area contributed by atoms with Crippen molar-refractivity contribution in [3.8, 4) is 22.6 Å². The van der Waals surface area contributed by atoms with Crippen molar-refractivity contribution in [2.45, 2.75) is 19.9 Å². The molecule has 162 valence electrons. The summed E-state index contributed by atoms with van der Waals surface area (Å²) in [5, 5.41) is 8.46. The van der Waals surface area contributed by atoms with Gasteiger partial charge in [0.1, 0.15) is 5.69 Å². The molecule has 0 aliphatic carbocycles. The topological polar surface area (TPSA) is 116 Å². The fraction of sp³-hybridized carbons (Fsp3) is 0.217. The van der Waals surface area contributed by atoms with Crippen molar-refractivity contribution >= 4 is 11.9 Å². The summed E-state index contributed by atoms with van der Waals surface area (Å²) in [6, 6.07) is 15.0. The largest absolute Gasteiger partial charge is 0.368 e. The molecule has 0 aliphatic heterocycles. The van der Waals surface area contributed by atoms with Gasteiger partial charge in [-0.15, -0.1) is 5.10 Å². The van der Waals surface area contributed by atoms with Crippen LogP contribution < -0.4 is 5.73 Å². The maximum absolute atomic E-state index is 12.3. The molecule has 0 saturated carbocycles. The van der Waals surface area contributed by atoms with Crippen molar-refractivity contribution in [2.24, 2.45) is 0 Å². The molecule has 1 aromatic carbocycles. The zero-order chi connectivity index (χ0) is 22.7. The van der Waals surface area contributed by atoms with Crippen molar-refractivity contribution in [1.29, 1.82) is 0 Å². The summed E-state index contributed by atoms with van der Waals surface area (Å²) in [4.78, 5) is 27.1. The monoisotopic (exact) mass is 428 g/mol. The molecule has 0 saturated heterocycles. The Morgan fingerprint density at radius 1 is 0.969 bits per heavy atom. The average Bonchev–Trinajstić information content (AvgIpc) is 3.27. The van der Waals surface area contributed by atoms with E-state index in [0.29, 0.717) is 29.2 Å². The lowest BCUT2D eigenvalue weighted by Crippen LogP contribution is -2.21. The van der Waals surface area contributed by atoms with Crippen LogP contribution in [0.25, 0.3) is 22.6 Å². The first-order valence-electron chi connectivity index (χ1n) is 10.2. The van der Waals surface area contributed by atoms with E-state index < -0.39 is 0 Å². The standard InChI is InChI=1S/C23H24N8O/c1-4-17-9-6-10-18(25-17)13-31-14-21(28-29-31)20-12-19(26-23(24)27-20)15-7-5-8-16(11-15)22(32)30(2)3/h5-12,14H,4,13H2,1-3H3,(H2,24,26,27). The lowest BCUT2D eigenvalue weighted by Gasteiger charge is -2.11. The normalized spacial score (nSPS) is 10.8. The Morgan fingerprint density at radius 3 is 2.50 bits per heavy atom. The number of aryl methyl sites for hydroxylation is 1. The number of nitrogens with two attached hydrogens (primary N) is 1. The van der Waals surface area contributed by atoms with Gasteiger partial charge in [0, 0.05) is 30.9 Å². The summed E-state index contributed by atoms with van der Waals surface area (Å²) in [6.45, 7) is 2.58. The second-order valence-corrected chi connectivity index (χ2v) is 7.55. The van der Waals surface area contributed by atoms with Crippen molar-refractivity contribution in [3.63, 3.8) is 0 Å². The molecule has 0 spiro atoms. The van der Waals surface area contributed by atoms with E-state index >= 15 is 0 Å². The van der Waals surface area contributed by atoms with E-state index in [4.69, 9.17) is 5.73 Å². The molecule has 4 aromatic rings. The average molecular weight is 429 g/mol. The predicted octanol–water partition coefficient (Wildman–Crippen LogP) is 2.69. The molecule has 0 unspecified atom stereocenters. The first-order valence-corrected chi connectivity index (χ1v) is 10.2. The Hall–Kier alpha value is -4.14. The molecule has 9 nitrogen and oxygen atoms in total. The molecule has 4 rings (SSSR count). The molecule has 0 radical (unpaired) electrons. The maximum Gasteiger partial charge on any atom is 0.253 e. The number of hydrogen-bond acceptors (Lipinski definition) is 7. The fourth-order valence-electron chi connectivity index (χ4n) is 3.29. The van der Waals surface area contributed by atoms with Gasteiger partial charge in [0.25, 0.3) is 5.91 Å². The first kappa shape index (κ1) is 21.1. The number of carbonyl (C=O) groups excluding carboxylic acids is 1. The molecule has 2 N–H and O–H groups in total. The number of anilines is 1. The highest BCUT2D eigenvalue weighted by molar-refractivity contribution is 5.95. The molecule has 32 heavy (non-hydrogen) atoms. The SMILES string of the molecule is CCc1cccc(Cn2cc(-c3cc(-c4cccc(C(=O)N(C)C)c4)nc(N)n3)nn2)n1. The molecular formula is C23H24N8O. The molecule has 0 fully saturated rings. The Labute approximate surface area is 186 Å². The third kappa shape index (κ3) is 4.61. The summed E-state index contributed by atoms with van der Waals surface area (Å²) in [6.07, 6.45) is 2.68. The fourth-order valence-corrected chi connectivity index (χ4v) is 3.29. The molecule has 3 heterocycles. The van der Waals surface area contributed by atoms with E-state index in [0.717, 1.165) is 23.4 Å². The summed E-state index contributed by atoms with van der Waals surface area (Å²) in [5.41, 5.74) is 11.0. The van der Waals surface area contributed by atoms with Crippen LogP contribution >= 0.6 is 0 Å². The van der Waals surface area contributed by atoms with Crippen LogP contribution in [0.5, 0.6) is 0 Å². The van der Waals surface area contributed by atoms with Gasteiger partial charge in [0.15, 0.2) is 0 Å². The quantitative estimate of drug-likeness (QED) is 0.502. The van der Waals surface area contributed by atoms with Crippen molar-refractivity contribution < 1.29 is 4.79 Å². The molecule has 3 aromatic heterocycles. The lowest BCUT2D eigenvalue weighted by atomic mass is 10.1. The van der Waals surface area contributed by atoms with Crippen LogP contribution in [0.4, 0.5) is 5.95 Å². The highest BCUT2D eigenvalue weighted by Gasteiger charge is 2.13. The number of hydrogen-bond donors (Lipinski definition) is 1. The number of nitrogens with zero attached hydrogens (tertiary/aromatic N) is 7. The van der Waals surface area contributed by atoms with Gasteiger partial charge < -0.3 is 10.6 Å². The summed E-state index contributed by atoms with van der Waals surface area (Å²) in [5.74, 6) is 0.0338. The van der Waals surface area contributed by atoms with E-state index in [9.17, 15) is 4.79 Å². The van der Waals surface area contributed by atoms with Gasteiger partial charge in [0.05, 0.1) is 29.8 Å². The van der Waals surface area contributed by atoms with Crippen LogP contribution in [-0.4, -0.2) is 54.8 Å². The number of amides is 1. The Balaban J connectivity index is 1.63. The minimum absolute atomic E-state index is 0.0854. The number of nitrogen functional groups attached to an aromatic ring is 1. The van der Waals surface area contributed by atoms with Gasteiger partial charge in [0.2, 0.25) is 5.95 Å². The minimum Gasteiger partial charge on any atom is -0.368 e. The molecule has 0 bridgehead atoms. The summed E-state index contributed by atoms with van der Waals surface area (Å²) >= 11 is 0. The second-order valence-electron chi connectivity index (χ2n) is 7.55. The third-order valence-electron chi connectivity index (χ3n) is 4.91. The number of benzene rings is 1. The van der Waals surface area contributed by atoms with E-state index in [2.05, 4.69) is 32.2 Å². The van der Waals surface area contributed by atoms with Gasteiger partial charge in [-0.1, -0.05) is 30.3 Å². The third-order valence-corrected chi connectivity index (χ3v) is 4.91. The van der Waals surface area contributed by atoms with Gasteiger partial charge in [-0.25, -0.2) is 14.6 Å². The van der Waals surface area contributed by atoms with Crippen molar-refractivity contribution in [1.82, 2.24) is 34.8 Å². The highest BCUT2D eigenvalue weighted by Crippen LogP contribution is 2.24. The smallest absolute Gasteiger partial charge is 0.253 e. The van der Waals surface area contributed by atoms with E-state index in [1.54, 1.807) is 43.2 Å². The van der Waals surface area contributed by atoms with Crippen LogP contribution in [0.3, 0.4) is 0 Å². The number of rotatable bonds is 6. The van der Waals surface area contributed by atoms with E-state index in [1.807, 2.05) is 30.3 Å². The maximum atomic E-state index is 12.3. The number of carbonyl (C=O) groups is 1. The van der Waals surface area contributed by atoms with Gasteiger partial charge in [-0.3, -0.25) is 9.78 Å². The first-order chi connectivity index (χ1) is 15.4. The number of aromatic nitrogens is 6. The molecule has 1 amide bonds. The molecule has 9 heteroatoms. The van der Waals surface area contributed by atoms with Crippen LogP contribution in [0.15, 0.2) is 54.7 Å². The van der Waals surface area contributed by atoms with E-state index in [1.165, 1.54) is 4.90 Å². The molecular weight excluding hydrogens is 404 g/mol. The molecule has 0 atom stereocenters. The van der Waals surface area contributed by atoms with Crippen molar-refractivity contribution in [3.05, 3.63) is 71.7 Å². The number of pyridine rings is 1. The summed E-state index contributed by atoms with van der Waals surface area (Å²) < 4.78 is 1.71. The van der Waals surface area contributed by atoms with E-state index in [-0.39, 0.29) is 11.9 Å². The minimum atomic E-state index is -0.0854. The Morgan fingerprint density at radius 2 is 1.72 bits per heavy atom. The van der Waals surface area contributed by atoms with Crippen LogP contribution in [0.1, 0.15) is 28.7 Å². The Kier molecular flexibility index (Phi) is 5.89. The second kappa shape index (κ2) is 8.93. The van der Waals surface area contributed by atoms with Gasteiger partial charge in [-0.05, 0) is 36.8 Å². The predicted molar refractivity (Wildman–Crippen MR) is 122 cm³/mol. The zero-order valence-corrected chi connectivity index (χ0v) is 18.2. The van der Waals surface area contributed by atoms with Crippen molar-refractivity contribution in [2.75, 3.05) is 19.8 Å².